The second-order valence-corrected chi connectivity index (χ2v) is 12.4. The van der Waals surface area contributed by atoms with Gasteiger partial charge in [0.2, 0.25) is 5.88 Å². The number of methoxy groups -OCH3 is 1. The summed E-state index contributed by atoms with van der Waals surface area (Å²) in [7, 11) is -0.925. The molecule has 250 valence electrons. The quantitative estimate of drug-likeness (QED) is 0.206. The van der Waals surface area contributed by atoms with Crippen LogP contribution in [0, 0.1) is 6.92 Å². The van der Waals surface area contributed by atoms with Gasteiger partial charge in [0, 0.05) is 42.7 Å². The Hall–Kier alpha value is -5.80. The summed E-state index contributed by atoms with van der Waals surface area (Å²) in [5, 5.41) is 0.612. The van der Waals surface area contributed by atoms with Crippen molar-refractivity contribution < 1.29 is 30.9 Å². The highest BCUT2D eigenvalue weighted by Gasteiger charge is 2.35. The van der Waals surface area contributed by atoms with Gasteiger partial charge < -0.3 is 9.30 Å². The van der Waals surface area contributed by atoms with Gasteiger partial charge in [-0.15, -0.1) is 0 Å². The molecule has 0 aliphatic heterocycles. The number of aromatic nitrogens is 6. The predicted molar refractivity (Wildman–Crippen MR) is 177 cm³/mol. The molecule has 0 unspecified atom stereocenters. The minimum atomic E-state index is -4.66. The first-order valence-electron chi connectivity index (χ1n) is 14.5. The number of hydrogen-bond donors (Lipinski definition) is 1. The summed E-state index contributed by atoms with van der Waals surface area (Å²) in [6.45, 7) is 1.84. The van der Waals surface area contributed by atoms with Crippen molar-refractivity contribution >= 4 is 32.1 Å². The molecule has 49 heavy (non-hydrogen) atoms. The van der Waals surface area contributed by atoms with Gasteiger partial charge in [-0.3, -0.25) is 18.7 Å². The lowest BCUT2D eigenvalue weighted by molar-refractivity contribution is -0.137. The molecule has 0 amide bonds. The molecule has 4 heterocycles. The molecule has 15 heteroatoms. The molecule has 11 nitrogen and oxygen atoms in total. The van der Waals surface area contributed by atoms with Crippen molar-refractivity contribution in [1.82, 2.24) is 28.7 Å². The average molecular weight is 689 g/mol. The molecule has 0 bridgehead atoms. The molecule has 0 spiro atoms. The van der Waals surface area contributed by atoms with Crippen molar-refractivity contribution in [3.05, 3.63) is 126 Å². The van der Waals surface area contributed by atoms with E-state index in [-0.39, 0.29) is 16.3 Å². The number of aryl methyl sites for hydroxylation is 2. The zero-order valence-electron chi connectivity index (χ0n) is 26.1. The first-order valence-corrected chi connectivity index (χ1v) is 15.9. The van der Waals surface area contributed by atoms with E-state index in [1.807, 2.05) is 25.1 Å². The maximum atomic E-state index is 14.2. The van der Waals surface area contributed by atoms with E-state index in [4.69, 9.17) is 9.29 Å². The van der Waals surface area contributed by atoms with Crippen molar-refractivity contribution in [3.8, 4) is 28.4 Å². The van der Waals surface area contributed by atoms with Gasteiger partial charge in [-0.05, 0) is 61.0 Å². The molecule has 4 aromatic heterocycles. The highest BCUT2D eigenvalue weighted by Crippen LogP contribution is 2.36. The lowest BCUT2D eigenvalue weighted by atomic mass is 10.0. The number of hydrogen-bond acceptors (Lipinski definition) is 7. The molecule has 0 radical (unpaired) electrons. The predicted octanol–water partition coefficient (Wildman–Crippen LogP) is 6.39. The Bertz CT molecular complexity index is 2470. The summed E-state index contributed by atoms with van der Waals surface area (Å²) in [4.78, 5) is 25.9. The Kier molecular flexibility index (Phi) is 8.56. The van der Waals surface area contributed by atoms with Crippen LogP contribution in [-0.4, -0.2) is 48.7 Å². The van der Waals surface area contributed by atoms with E-state index >= 15 is 0 Å². The SMILES string of the molecule is COc1ccc(-c2ccc3ncc4c(c3c2)n(-c2ccc(-n3ccnc3)c(C(F)(F)F)c2)c(=O)n4C)cn1.Cc1ccc(S(=O)(=O)O)cc1. The molecule has 0 saturated heterocycles. The second-order valence-electron chi connectivity index (χ2n) is 10.9. The Morgan fingerprint density at radius 3 is 2.24 bits per heavy atom. The topological polar surface area (TPSA) is 134 Å². The fraction of sp³-hybridized carbons (Fsp3) is 0.118. The van der Waals surface area contributed by atoms with Crippen LogP contribution in [0.5, 0.6) is 5.88 Å². The zero-order chi connectivity index (χ0) is 35.1. The molecule has 0 aliphatic carbocycles. The second kappa shape index (κ2) is 12.7. The summed E-state index contributed by atoms with van der Waals surface area (Å²) in [5.74, 6) is 0.468. The van der Waals surface area contributed by atoms with Gasteiger partial charge in [0.05, 0.1) is 58.0 Å². The van der Waals surface area contributed by atoms with Crippen LogP contribution >= 0.6 is 0 Å². The fourth-order valence-electron chi connectivity index (χ4n) is 5.32. The number of rotatable bonds is 5. The van der Waals surface area contributed by atoms with Gasteiger partial charge >= 0.3 is 11.9 Å². The average Bonchev–Trinajstić information content (AvgIpc) is 3.71. The van der Waals surface area contributed by atoms with Crippen LogP contribution in [0.3, 0.4) is 0 Å². The number of benzene rings is 3. The molecule has 0 atom stereocenters. The maximum Gasteiger partial charge on any atom is 0.418 e. The van der Waals surface area contributed by atoms with Crippen molar-refractivity contribution in [2.24, 2.45) is 7.05 Å². The third-order valence-electron chi connectivity index (χ3n) is 7.81. The van der Waals surface area contributed by atoms with Gasteiger partial charge in [0.1, 0.15) is 0 Å². The Labute approximate surface area is 277 Å². The maximum absolute atomic E-state index is 14.2. The first-order chi connectivity index (χ1) is 23.3. The lowest BCUT2D eigenvalue weighted by Gasteiger charge is -2.16. The van der Waals surface area contributed by atoms with Crippen LogP contribution < -0.4 is 10.4 Å². The van der Waals surface area contributed by atoms with Crippen LogP contribution in [-0.2, 0) is 23.3 Å². The molecular weight excluding hydrogens is 661 g/mol. The summed E-state index contributed by atoms with van der Waals surface area (Å²) in [5.41, 5.74) is 2.71. The minimum absolute atomic E-state index is 0.0666. The smallest absolute Gasteiger partial charge is 0.418 e. The molecule has 0 saturated carbocycles. The molecule has 7 rings (SSSR count). The Balaban J connectivity index is 0.000000324. The van der Waals surface area contributed by atoms with Gasteiger partial charge in [-0.1, -0.05) is 23.8 Å². The molecule has 0 fully saturated rings. The van der Waals surface area contributed by atoms with Crippen molar-refractivity contribution in [2.45, 2.75) is 18.0 Å². The number of halogens is 3. The number of ether oxygens (including phenoxy) is 1. The number of nitrogens with zero attached hydrogens (tertiary/aromatic N) is 6. The zero-order valence-corrected chi connectivity index (χ0v) is 26.9. The molecule has 3 aromatic carbocycles. The van der Waals surface area contributed by atoms with E-state index in [0.717, 1.165) is 22.8 Å². The van der Waals surface area contributed by atoms with E-state index < -0.39 is 27.5 Å². The van der Waals surface area contributed by atoms with Crippen LogP contribution in [0.15, 0.2) is 114 Å². The normalized spacial score (nSPS) is 11.8. The van der Waals surface area contributed by atoms with Crippen molar-refractivity contribution in [1.29, 1.82) is 0 Å². The third-order valence-corrected chi connectivity index (χ3v) is 8.68. The number of fused-ring (bicyclic) bond motifs is 3. The standard InChI is InChI=1S/C27H19F3N6O2.C7H8O3S/c1-34-23-14-32-21-6-3-16(17-4-8-24(38-2)33-13-17)11-19(21)25(23)36(26(34)37)18-5-7-22(35-10-9-31-15-35)20(12-18)27(28,29)30;1-6-2-4-7(5-3-6)11(8,9)10/h3-15H,1-2H3;2-5H,1H3,(H,8,9,10). The number of alkyl halides is 3. The summed E-state index contributed by atoms with van der Waals surface area (Å²) < 4.78 is 81.1. The molecular formula is C34H27F3N6O5S. The van der Waals surface area contributed by atoms with Gasteiger partial charge in [0.15, 0.2) is 0 Å². The Morgan fingerprint density at radius 1 is 0.898 bits per heavy atom. The Morgan fingerprint density at radius 2 is 1.63 bits per heavy atom. The van der Waals surface area contributed by atoms with Crippen molar-refractivity contribution in [3.63, 3.8) is 0 Å². The van der Waals surface area contributed by atoms with Gasteiger partial charge in [-0.2, -0.15) is 21.6 Å². The van der Waals surface area contributed by atoms with E-state index in [2.05, 4.69) is 15.0 Å². The van der Waals surface area contributed by atoms with Crippen LogP contribution in [0.2, 0.25) is 0 Å². The largest absolute Gasteiger partial charge is 0.481 e. The first kappa shape index (κ1) is 33.1. The molecule has 1 N–H and O–H groups in total. The number of pyridine rings is 2. The summed E-state index contributed by atoms with van der Waals surface area (Å²) >= 11 is 0. The monoisotopic (exact) mass is 688 g/mol. The lowest BCUT2D eigenvalue weighted by Crippen LogP contribution is -2.21. The van der Waals surface area contributed by atoms with Crippen LogP contribution in [0.1, 0.15) is 11.1 Å². The van der Waals surface area contributed by atoms with E-state index in [1.165, 1.54) is 63.8 Å². The van der Waals surface area contributed by atoms with E-state index in [9.17, 15) is 26.4 Å². The number of imidazole rings is 2. The highest BCUT2D eigenvalue weighted by atomic mass is 32.2. The minimum Gasteiger partial charge on any atom is -0.481 e. The van der Waals surface area contributed by atoms with Crippen molar-refractivity contribution in [2.75, 3.05) is 7.11 Å². The highest BCUT2D eigenvalue weighted by molar-refractivity contribution is 7.85. The van der Waals surface area contributed by atoms with Crippen LogP contribution in [0.4, 0.5) is 13.2 Å². The van der Waals surface area contributed by atoms with E-state index in [1.54, 1.807) is 43.7 Å². The summed E-state index contributed by atoms with van der Waals surface area (Å²) in [6, 6.07) is 18.9. The molecule has 0 aliphatic rings. The third kappa shape index (κ3) is 6.53. The van der Waals surface area contributed by atoms with Gasteiger partial charge in [-0.25, -0.2) is 14.8 Å². The van der Waals surface area contributed by atoms with E-state index in [0.29, 0.717) is 27.8 Å². The fourth-order valence-corrected chi connectivity index (χ4v) is 5.80. The summed E-state index contributed by atoms with van der Waals surface area (Å²) in [6.07, 6.45) is 2.68. The van der Waals surface area contributed by atoms with Gasteiger partial charge in [0.25, 0.3) is 10.1 Å². The van der Waals surface area contributed by atoms with Crippen LogP contribution in [0.25, 0.3) is 44.4 Å². The molecule has 7 aromatic rings.